The summed E-state index contributed by atoms with van der Waals surface area (Å²) in [6.07, 6.45) is 1.84. The van der Waals surface area contributed by atoms with Crippen LogP contribution in [0.5, 0.6) is 0 Å². The molecule has 0 saturated carbocycles. The first kappa shape index (κ1) is 12.6. The Morgan fingerprint density at radius 3 is 2.44 bits per heavy atom. The summed E-state index contributed by atoms with van der Waals surface area (Å²) in [7, 11) is 0. The van der Waals surface area contributed by atoms with Crippen molar-refractivity contribution >= 4 is 5.69 Å². The Labute approximate surface area is 105 Å². The number of aryl methyl sites for hydroxylation is 1. The predicted octanol–water partition coefficient (Wildman–Crippen LogP) is 4.01. The largest absolute Gasteiger partial charge is 0.383 e. The van der Waals surface area contributed by atoms with Crippen molar-refractivity contribution in [2.75, 3.05) is 11.9 Å². The van der Waals surface area contributed by atoms with Crippen LogP contribution in [0.4, 0.5) is 14.5 Å². The molecule has 2 aromatic rings. The zero-order valence-corrected chi connectivity index (χ0v) is 10.00. The molecule has 0 aromatic heterocycles. The van der Waals surface area contributed by atoms with E-state index < -0.39 is 11.6 Å². The summed E-state index contributed by atoms with van der Waals surface area (Å²) >= 11 is 0. The molecular formula is C15H15F2N. The maximum atomic E-state index is 13.3. The highest BCUT2D eigenvalue weighted by molar-refractivity contribution is 5.44. The average Bonchev–Trinajstić information content (AvgIpc) is 2.38. The third kappa shape index (κ3) is 3.55. The molecule has 3 heteroatoms. The van der Waals surface area contributed by atoms with E-state index in [0.29, 0.717) is 12.2 Å². The van der Waals surface area contributed by atoms with E-state index in [1.165, 1.54) is 17.7 Å². The number of hydrogen-bond donors (Lipinski definition) is 1. The van der Waals surface area contributed by atoms with Gasteiger partial charge in [0.25, 0.3) is 0 Å². The van der Waals surface area contributed by atoms with Gasteiger partial charge in [0.15, 0.2) is 0 Å². The summed E-state index contributed by atoms with van der Waals surface area (Å²) in [5, 5.41) is 2.97. The van der Waals surface area contributed by atoms with Crippen LogP contribution >= 0.6 is 0 Å². The summed E-state index contributed by atoms with van der Waals surface area (Å²) in [4.78, 5) is 0. The zero-order chi connectivity index (χ0) is 12.8. The lowest BCUT2D eigenvalue weighted by atomic mass is 10.1. The van der Waals surface area contributed by atoms with Gasteiger partial charge in [-0.25, -0.2) is 8.78 Å². The molecule has 0 saturated heterocycles. The van der Waals surface area contributed by atoms with E-state index in [4.69, 9.17) is 0 Å². The lowest BCUT2D eigenvalue weighted by Crippen LogP contribution is -2.04. The molecule has 0 aliphatic carbocycles. The molecule has 1 N–H and O–H groups in total. The fraction of sp³-hybridized carbons (Fsp3) is 0.200. The quantitative estimate of drug-likeness (QED) is 0.787. The van der Waals surface area contributed by atoms with Crippen molar-refractivity contribution in [1.82, 2.24) is 0 Å². The smallest absolute Gasteiger partial charge is 0.149 e. The van der Waals surface area contributed by atoms with Crippen LogP contribution in [0.25, 0.3) is 0 Å². The lowest BCUT2D eigenvalue weighted by molar-refractivity contribution is 0.585. The van der Waals surface area contributed by atoms with Gasteiger partial charge in [0.1, 0.15) is 11.6 Å². The minimum absolute atomic E-state index is 0.351. The van der Waals surface area contributed by atoms with E-state index in [-0.39, 0.29) is 0 Å². The third-order valence-corrected chi connectivity index (χ3v) is 2.73. The van der Waals surface area contributed by atoms with E-state index >= 15 is 0 Å². The fourth-order valence-corrected chi connectivity index (χ4v) is 1.79. The van der Waals surface area contributed by atoms with Gasteiger partial charge in [0.2, 0.25) is 0 Å². The normalized spacial score (nSPS) is 10.3. The molecule has 0 atom stereocenters. The van der Waals surface area contributed by atoms with Gasteiger partial charge in [-0.2, -0.15) is 0 Å². The van der Waals surface area contributed by atoms with Crippen molar-refractivity contribution in [3.05, 3.63) is 65.7 Å². The van der Waals surface area contributed by atoms with Gasteiger partial charge in [0, 0.05) is 12.6 Å². The molecule has 0 aliphatic rings. The zero-order valence-electron chi connectivity index (χ0n) is 10.00. The van der Waals surface area contributed by atoms with Crippen LogP contribution in [0.15, 0.2) is 48.5 Å². The van der Waals surface area contributed by atoms with Gasteiger partial charge >= 0.3 is 0 Å². The number of hydrogen-bond acceptors (Lipinski definition) is 1. The van der Waals surface area contributed by atoms with Crippen LogP contribution in [-0.2, 0) is 6.42 Å². The molecule has 0 amide bonds. The molecule has 18 heavy (non-hydrogen) atoms. The maximum absolute atomic E-state index is 13.3. The van der Waals surface area contributed by atoms with Crippen molar-refractivity contribution in [2.24, 2.45) is 0 Å². The van der Waals surface area contributed by atoms with Crippen LogP contribution in [0.1, 0.15) is 12.0 Å². The van der Waals surface area contributed by atoms with Crippen molar-refractivity contribution in [3.63, 3.8) is 0 Å². The lowest BCUT2D eigenvalue weighted by Gasteiger charge is -2.07. The molecule has 0 fully saturated rings. The highest BCUT2D eigenvalue weighted by Gasteiger charge is 2.02. The molecule has 0 bridgehead atoms. The first-order valence-corrected chi connectivity index (χ1v) is 5.98. The van der Waals surface area contributed by atoms with Crippen LogP contribution in [0.2, 0.25) is 0 Å². The Balaban J connectivity index is 1.79. The van der Waals surface area contributed by atoms with Gasteiger partial charge in [-0.1, -0.05) is 30.3 Å². The molecule has 0 unspecified atom stereocenters. The van der Waals surface area contributed by atoms with Gasteiger partial charge in [-0.05, 0) is 30.5 Å². The van der Waals surface area contributed by atoms with Gasteiger partial charge in [-0.3, -0.25) is 0 Å². The van der Waals surface area contributed by atoms with Crippen molar-refractivity contribution in [1.29, 1.82) is 0 Å². The predicted molar refractivity (Wildman–Crippen MR) is 69.6 cm³/mol. The molecule has 94 valence electrons. The topological polar surface area (TPSA) is 12.0 Å². The Bertz CT molecular complexity index is 497. The SMILES string of the molecule is Fc1ccc(NCCCc2ccccc2)c(F)c1. The second-order valence-electron chi connectivity index (χ2n) is 4.14. The van der Waals surface area contributed by atoms with E-state index in [0.717, 1.165) is 18.9 Å². The Hall–Kier alpha value is -1.90. The molecular weight excluding hydrogens is 232 g/mol. The van der Waals surface area contributed by atoms with E-state index in [2.05, 4.69) is 17.4 Å². The number of anilines is 1. The number of halogens is 2. The van der Waals surface area contributed by atoms with Gasteiger partial charge < -0.3 is 5.32 Å². The maximum Gasteiger partial charge on any atom is 0.149 e. The van der Waals surface area contributed by atoms with Crippen molar-refractivity contribution < 1.29 is 8.78 Å². The van der Waals surface area contributed by atoms with Gasteiger partial charge in [-0.15, -0.1) is 0 Å². The summed E-state index contributed by atoms with van der Waals surface area (Å²) in [5.74, 6) is -1.10. The molecule has 0 spiro atoms. The van der Waals surface area contributed by atoms with E-state index in [1.54, 1.807) is 0 Å². The molecule has 0 radical (unpaired) electrons. The van der Waals surface area contributed by atoms with E-state index in [1.807, 2.05) is 18.2 Å². The standard InChI is InChI=1S/C15H15F2N/c16-13-8-9-15(14(17)11-13)18-10-4-7-12-5-2-1-3-6-12/h1-3,5-6,8-9,11,18H,4,7,10H2. The monoisotopic (exact) mass is 247 g/mol. The van der Waals surface area contributed by atoms with Crippen molar-refractivity contribution in [3.8, 4) is 0 Å². The third-order valence-electron chi connectivity index (χ3n) is 2.73. The minimum Gasteiger partial charge on any atom is -0.383 e. The summed E-state index contributed by atoms with van der Waals surface area (Å²) in [6, 6.07) is 13.7. The van der Waals surface area contributed by atoms with Crippen LogP contribution in [-0.4, -0.2) is 6.54 Å². The van der Waals surface area contributed by atoms with Crippen molar-refractivity contribution in [2.45, 2.75) is 12.8 Å². The van der Waals surface area contributed by atoms with Crippen LogP contribution < -0.4 is 5.32 Å². The molecule has 2 aromatic carbocycles. The van der Waals surface area contributed by atoms with Gasteiger partial charge in [0.05, 0.1) is 5.69 Å². The summed E-state index contributed by atoms with van der Waals surface area (Å²) < 4.78 is 26.0. The number of benzene rings is 2. The highest BCUT2D eigenvalue weighted by Crippen LogP contribution is 2.14. The second-order valence-corrected chi connectivity index (χ2v) is 4.14. The Kier molecular flexibility index (Phi) is 4.29. The highest BCUT2D eigenvalue weighted by atomic mass is 19.1. The fourth-order valence-electron chi connectivity index (χ4n) is 1.79. The van der Waals surface area contributed by atoms with Crippen LogP contribution in [0.3, 0.4) is 0 Å². The first-order valence-electron chi connectivity index (χ1n) is 5.98. The summed E-state index contributed by atoms with van der Waals surface area (Å²) in [5.41, 5.74) is 1.61. The number of rotatable bonds is 5. The Morgan fingerprint density at radius 1 is 0.944 bits per heavy atom. The molecule has 0 aliphatic heterocycles. The number of nitrogens with one attached hydrogen (secondary N) is 1. The Morgan fingerprint density at radius 2 is 1.72 bits per heavy atom. The molecule has 0 heterocycles. The van der Waals surface area contributed by atoms with E-state index in [9.17, 15) is 8.78 Å². The molecule has 1 nitrogen and oxygen atoms in total. The summed E-state index contributed by atoms with van der Waals surface area (Å²) in [6.45, 7) is 0.664. The first-order chi connectivity index (χ1) is 8.75. The minimum atomic E-state index is -0.553. The second kappa shape index (κ2) is 6.15. The van der Waals surface area contributed by atoms with Crippen LogP contribution in [0, 0.1) is 11.6 Å². The average molecular weight is 247 g/mol. The molecule has 2 rings (SSSR count).